The first kappa shape index (κ1) is 14.9. The first-order valence-corrected chi connectivity index (χ1v) is 9.08. The van der Waals surface area contributed by atoms with Gasteiger partial charge in [-0.2, -0.15) is 0 Å². The van der Waals surface area contributed by atoms with E-state index < -0.39 is 10.0 Å². The number of hydrogen-bond donors (Lipinski definition) is 0. The van der Waals surface area contributed by atoms with Gasteiger partial charge in [-0.25, -0.2) is 13.4 Å². The number of ether oxygens (including phenoxy) is 1. The van der Waals surface area contributed by atoms with Gasteiger partial charge in [0.1, 0.15) is 5.75 Å². The van der Waals surface area contributed by atoms with Crippen LogP contribution in [0.15, 0.2) is 52.0 Å². The maximum Gasteiger partial charge on any atom is 0.256 e. The van der Waals surface area contributed by atoms with Gasteiger partial charge >= 0.3 is 0 Å². The van der Waals surface area contributed by atoms with E-state index in [4.69, 9.17) is 4.74 Å². The number of benzene rings is 2. The Kier molecular flexibility index (Phi) is 3.38. The Morgan fingerprint density at radius 3 is 2.75 bits per heavy atom. The van der Waals surface area contributed by atoms with Gasteiger partial charge in [0.25, 0.3) is 10.0 Å². The van der Waals surface area contributed by atoms with Crippen molar-refractivity contribution in [3.8, 4) is 5.75 Å². The van der Waals surface area contributed by atoms with E-state index in [-0.39, 0.29) is 5.75 Å². The molecule has 0 unspecified atom stereocenters. The van der Waals surface area contributed by atoms with E-state index in [0.29, 0.717) is 18.0 Å². The summed E-state index contributed by atoms with van der Waals surface area (Å²) in [6.45, 7) is 0.368. The van der Waals surface area contributed by atoms with E-state index in [0.717, 1.165) is 22.1 Å². The molecule has 122 valence electrons. The van der Waals surface area contributed by atoms with Crippen molar-refractivity contribution in [1.82, 2.24) is 4.90 Å². The van der Waals surface area contributed by atoms with Crippen molar-refractivity contribution >= 4 is 38.5 Å². The van der Waals surface area contributed by atoms with Gasteiger partial charge in [0.2, 0.25) is 0 Å². The second kappa shape index (κ2) is 5.45. The number of nitrogens with zero attached hydrogens (tertiary/aromatic N) is 3. The molecular weight excluding hydrogens is 326 g/mol. The second-order valence-corrected chi connectivity index (χ2v) is 7.38. The third-order valence-electron chi connectivity index (χ3n) is 4.10. The highest BCUT2D eigenvalue weighted by Gasteiger charge is 2.28. The molecule has 0 radical (unpaired) electrons. The number of fused-ring (bicyclic) bond motifs is 2. The van der Waals surface area contributed by atoms with E-state index in [1.165, 1.54) is 0 Å². The third kappa shape index (κ3) is 2.56. The Hall–Kier alpha value is -2.67. The van der Waals surface area contributed by atoms with E-state index in [1.54, 1.807) is 24.5 Å². The summed E-state index contributed by atoms with van der Waals surface area (Å²) in [5.74, 6) is 1.24. The summed E-state index contributed by atoms with van der Waals surface area (Å²) in [5.41, 5.74) is 1.59. The number of hydrogen-bond acceptors (Lipinski definition) is 5. The lowest BCUT2D eigenvalue weighted by molar-refractivity contribution is 0.415. The molecule has 0 bridgehead atoms. The molecule has 2 aliphatic heterocycles. The van der Waals surface area contributed by atoms with Gasteiger partial charge < -0.3 is 9.64 Å². The molecule has 6 nitrogen and oxygen atoms in total. The number of aliphatic imine (C=N–C) groups is 1. The molecule has 4 rings (SSSR count). The van der Waals surface area contributed by atoms with Crippen molar-refractivity contribution in [1.29, 1.82) is 0 Å². The monoisotopic (exact) mass is 341 g/mol. The van der Waals surface area contributed by atoms with Crippen molar-refractivity contribution in [2.45, 2.75) is 0 Å². The Balaban J connectivity index is 1.83. The summed E-state index contributed by atoms with van der Waals surface area (Å²) in [7, 11) is -1.78. The maximum atomic E-state index is 11.9. The average molecular weight is 341 g/mol. The smallest absolute Gasteiger partial charge is 0.256 e. The van der Waals surface area contributed by atoms with Crippen LogP contribution in [-0.4, -0.2) is 44.9 Å². The van der Waals surface area contributed by atoms with Crippen LogP contribution in [0.25, 0.3) is 16.3 Å². The van der Waals surface area contributed by atoms with Gasteiger partial charge in [0, 0.05) is 18.3 Å². The largest absolute Gasteiger partial charge is 0.497 e. The Morgan fingerprint density at radius 2 is 1.92 bits per heavy atom. The Bertz CT molecular complexity index is 1020. The van der Waals surface area contributed by atoms with E-state index in [9.17, 15) is 8.42 Å². The number of sulfonamides is 1. The first-order chi connectivity index (χ1) is 11.6. The molecule has 2 aliphatic rings. The molecule has 0 atom stereocenters. The predicted octanol–water partition coefficient (Wildman–Crippen LogP) is 2.28. The number of methoxy groups -OCH3 is 1. The van der Waals surface area contributed by atoms with Gasteiger partial charge in [0.05, 0.1) is 19.2 Å². The van der Waals surface area contributed by atoms with Gasteiger partial charge in [-0.05, 0) is 34.5 Å². The topological polar surface area (TPSA) is 71.3 Å². The van der Waals surface area contributed by atoms with Crippen LogP contribution in [0.3, 0.4) is 0 Å². The van der Waals surface area contributed by atoms with E-state index >= 15 is 0 Å². The quantitative estimate of drug-likeness (QED) is 0.840. The molecule has 0 saturated carbocycles. The van der Waals surface area contributed by atoms with Crippen LogP contribution in [0.4, 0.5) is 0 Å². The fourth-order valence-electron chi connectivity index (χ4n) is 2.83. The van der Waals surface area contributed by atoms with Crippen LogP contribution in [0.5, 0.6) is 5.75 Å². The maximum absolute atomic E-state index is 11.9. The lowest BCUT2D eigenvalue weighted by atomic mass is 10.00. The number of amidine groups is 1. The van der Waals surface area contributed by atoms with Gasteiger partial charge in [0.15, 0.2) is 5.84 Å². The lowest BCUT2D eigenvalue weighted by Gasteiger charge is -2.28. The zero-order valence-corrected chi connectivity index (χ0v) is 13.8. The predicted molar refractivity (Wildman–Crippen MR) is 94.9 cm³/mol. The molecule has 0 fully saturated rings. The second-order valence-electron chi connectivity index (χ2n) is 5.63. The zero-order valence-electron chi connectivity index (χ0n) is 13.0. The average Bonchev–Trinajstić information content (AvgIpc) is 2.59. The van der Waals surface area contributed by atoms with Gasteiger partial charge in [-0.1, -0.05) is 18.2 Å². The summed E-state index contributed by atoms with van der Waals surface area (Å²) in [4.78, 5) is 5.99. The summed E-state index contributed by atoms with van der Waals surface area (Å²) in [6, 6.07) is 11.8. The molecule has 0 saturated heterocycles. The highest BCUT2D eigenvalue weighted by molar-refractivity contribution is 7.90. The van der Waals surface area contributed by atoms with E-state index in [1.807, 2.05) is 36.4 Å². The van der Waals surface area contributed by atoms with Crippen molar-refractivity contribution in [3.05, 3.63) is 48.2 Å². The van der Waals surface area contributed by atoms with Crippen LogP contribution in [0.2, 0.25) is 0 Å². The SMILES string of the molecule is COc1ccc2cc(C3=CN=CN4CCS(=O)(=O)N=C34)ccc2c1. The highest BCUT2D eigenvalue weighted by atomic mass is 32.2. The molecule has 0 aromatic heterocycles. The third-order valence-corrected chi connectivity index (χ3v) is 5.25. The molecule has 0 spiro atoms. The molecule has 0 amide bonds. The van der Waals surface area contributed by atoms with Crippen LogP contribution in [0, 0.1) is 0 Å². The first-order valence-electron chi connectivity index (χ1n) is 7.47. The highest BCUT2D eigenvalue weighted by Crippen LogP contribution is 2.28. The van der Waals surface area contributed by atoms with Crippen LogP contribution in [0.1, 0.15) is 5.56 Å². The van der Waals surface area contributed by atoms with Crippen molar-refractivity contribution in [2.24, 2.45) is 9.39 Å². The van der Waals surface area contributed by atoms with Crippen LogP contribution in [-0.2, 0) is 10.0 Å². The summed E-state index contributed by atoms with van der Waals surface area (Å²) >= 11 is 0. The number of rotatable bonds is 2. The minimum absolute atomic E-state index is 0.00726. The molecule has 2 aromatic rings. The molecule has 2 aromatic carbocycles. The van der Waals surface area contributed by atoms with Crippen LogP contribution >= 0.6 is 0 Å². The lowest BCUT2D eigenvalue weighted by Crippen LogP contribution is -2.40. The minimum atomic E-state index is -3.42. The van der Waals surface area contributed by atoms with Gasteiger partial charge in [-0.3, -0.25) is 0 Å². The summed E-state index contributed by atoms with van der Waals surface area (Å²) in [6.07, 6.45) is 3.27. The van der Waals surface area contributed by atoms with Gasteiger partial charge in [-0.15, -0.1) is 4.40 Å². The van der Waals surface area contributed by atoms with Crippen LogP contribution < -0.4 is 4.74 Å². The molecule has 0 aliphatic carbocycles. The van der Waals surface area contributed by atoms with E-state index in [2.05, 4.69) is 9.39 Å². The standard InChI is InChI=1S/C17H15N3O3S/c1-23-15-5-4-12-8-14(3-2-13(12)9-15)16-10-18-11-20-6-7-24(21,22)19-17(16)20/h2-5,8-11H,6-7H2,1H3. The summed E-state index contributed by atoms with van der Waals surface area (Å²) in [5, 5.41) is 2.09. The molecule has 24 heavy (non-hydrogen) atoms. The summed E-state index contributed by atoms with van der Waals surface area (Å²) < 4.78 is 32.9. The zero-order chi connectivity index (χ0) is 16.7. The minimum Gasteiger partial charge on any atom is -0.497 e. The fourth-order valence-corrected chi connectivity index (χ4v) is 3.82. The van der Waals surface area contributed by atoms with Crippen molar-refractivity contribution in [2.75, 3.05) is 19.4 Å². The van der Waals surface area contributed by atoms with Crippen molar-refractivity contribution < 1.29 is 13.2 Å². The molecule has 0 N–H and O–H groups in total. The van der Waals surface area contributed by atoms with Crippen molar-refractivity contribution in [3.63, 3.8) is 0 Å². The Labute approximate surface area is 139 Å². The Morgan fingerprint density at radius 1 is 1.12 bits per heavy atom. The fraction of sp³-hybridized carbons (Fsp3) is 0.176. The molecule has 7 heteroatoms. The normalized spacial score (nSPS) is 18.8. The molecular formula is C17H15N3O3S. The molecule has 2 heterocycles.